The van der Waals surface area contributed by atoms with Crippen molar-refractivity contribution < 1.29 is 18.0 Å². The molecule has 2 aromatic carbocycles. The van der Waals surface area contributed by atoms with E-state index >= 15 is 0 Å². The van der Waals surface area contributed by atoms with E-state index in [1.54, 1.807) is 12.1 Å². The summed E-state index contributed by atoms with van der Waals surface area (Å²) in [5.41, 5.74) is 0.599. The summed E-state index contributed by atoms with van der Waals surface area (Å²) >= 11 is 0. The van der Waals surface area contributed by atoms with E-state index < -0.39 is 11.7 Å². The van der Waals surface area contributed by atoms with Gasteiger partial charge in [-0.25, -0.2) is 9.48 Å². The molecule has 162 valence electrons. The minimum absolute atomic E-state index is 0.0621. The Balaban J connectivity index is 1.54. The van der Waals surface area contributed by atoms with E-state index in [9.17, 15) is 22.8 Å². The van der Waals surface area contributed by atoms with E-state index in [1.807, 2.05) is 19.1 Å². The molecule has 1 N–H and O–H groups in total. The summed E-state index contributed by atoms with van der Waals surface area (Å²) in [7, 11) is 0. The Bertz CT molecular complexity index is 1160. The molecule has 1 aliphatic carbocycles. The van der Waals surface area contributed by atoms with Crippen molar-refractivity contribution in [1.29, 1.82) is 0 Å². The van der Waals surface area contributed by atoms with Crippen LogP contribution < -0.4 is 11.0 Å². The van der Waals surface area contributed by atoms with Crippen molar-refractivity contribution in [3.05, 3.63) is 75.7 Å². The number of benzene rings is 2. The van der Waals surface area contributed by atoms with Gasteiger partial charge in [0.25, 0.3) is 5.91 Å². The molecule has 4 rings (SSSR count). The predicted octanol–water partition coefficient (Wildman–Crippen LogP) is 3.80. The van der Waals surface area contributed by atoms with Crippen LogP contribution >= 0.6 is 0 Å². The first-order valence-corrected chi connectivity index (χ1v) is 9.96. The van der Waals surface area contributed by atoms with Crippen molar-refractivity contribution in [2.24, 2.45) is 0 Å². The topological polar surface area (TPSA) is 68.9 Å². The molecule has 0 atom stereocenters. The van der Waals surface area contributed by atoms with E-state index in [0.717, 1.165) is 30.5 Å². The lowest BCUT2D eigenvalue weighted by atomic mass is 10.1. The molecule has 0 saturated heterocycles. The number of hydrogen-bond acceptors (Lipinski definition) is 3. The SMILES string of the molecule is Cc1ccc(C(=O)NCCn2nc(-c3cccc(C(F)(F)F)c3)n(C3CC3)c2=O)cc1. The second-order valence-electron chi connectivity index (χ2n) is 7.63. The van der Waals surface area contributed by atoms with Crippen molar-refractivity contribution in [2.45, 2.75) is 38.5 Å². The molecule has 31 heavy (non-hydrogen) atoms. The number of amides is 1. The molecule has 0 bridgehead atoms. The monoisotopic (exact) mass is 430 g/mol. The maximum absolute atomic E-state index is 13.1. The highest BCUT2D eigenvalue weighted by molar-refractivity contribution is 5.94. The molecule has 0 unspecified atom stereocenters. The molecule has 3 aromatic rings. The van der Waals surface area contributed by atoms with Crippen LogP contribution in [-0.2, 0) is 12.7 Å². The van der Waals surface area contributed by atoms with Gasteiger partial charge in [-0.1, -0.05) is 29.8 Å². The van der Waals surface area contributed by atoms with E-state index in [1.165, 1.54) is 21.4 Å². The van der Waals surface area contributed by atoms with Gasteiger partial charge >= 0.3 is 11.9 Å². The summed E-state index contributed by atoms with van der Waals surface area (Å²) in [5, 5.41) is 7.03. The van der Waals surface area contributed by atoms with Crippen molar-refractivity contribution in [3.8, 4) is 11.4 Å². The minimum Gasteiger partial charge on any atom is -0.350 e. The Morgan fingerprint density at radius 1 is 1.16 bits per heavy atom. The summed E-state index contributed by atoms with van der Waals surface area (Å²) in [6.07, 6.45) is -2.92. The molecule has 1 aromatic heterocycles. The quantitative estimate of drug-likeness (QED) is 0.647. The summed E-state index contributed by atoms with van der Waals surface area (Å²) in [6.45, 7) is 2.20. The van der Waals surface area contributed by atoms with Gasteiger partial charge in [-0.3, -0.25) is 9.36 Å². The zero-order valence-electron chi connectivity index (χ0n) is 16.8. The molecule has 1 aliphatic rings. The van der Waals surface area contributed by atoms with Crippen LogP contribution in [0.15, 0.2) is 53.3 Å². The fourth-order valence-electron chi connectivity index (χ4n) is 3.34. The van der Waals surface area contributed by atoms with E-state index in [4.69, 9.17) is 0 Å². The Labute approximate surface area is 176 Å². The highest BCUT2D eigenvalue weighted by atomic mass is 19.4. The molecular weight excluding hydrogens is 409 g/mol. The lowest BCUT2D eigenvalue weighted by molar-refractivity contribution is -0.137. The van der Waals surface area contributed by atoms with Gasteiger partial charge in [0.05, 0.1) is 12.1 Å². The number of carbonyl (C=O) groups is 1. The third kappa shape index (κ3) is 4.55. The average Bonchev–Trinajstić information content (AvgIpc) is 3.52. The zero-order valence-corrected chi connectivity index (χ0v) is 16.8. The molecule has 6 nitrogen and oxygen atoms in total. The van der Waals surface area contributed by atoms with E-state index in [2.05, 4.69) is 10.4 Å². The number of halogens is 3. The van der Waals surface area contributed by atoms with Crippen LogP contribution in [-0.4, -0.2) is 26.8 Å². The van der Waals surface area contributed by atoms with Crippen LogP contribution in [0.4, 0.5) is 13.2 Å². The second kappa shape index (κ2) is 8.05. The standard InChI is InChI=1S/C22H21F3N4O2/c1-14-5-7-15(8-6-14)20(30)26-11-12-28-21(31)29(18-9-10-18)19(27-28)16-3-2-4-17(13-16)22(23,24)25/h2-8,13,18H,9-12H2,1H3,(H,26,30). The Hall–Kier alpha value is -3.36. The number of nitrogens with one attached hydrogen (secondary N) is 1. The number of nitrogens with zero attached hydrogens (tertiary/aromatic N) is 3. The van der Waals surface area contributed by atoms with Crippen LogP contribution in [0.25, 0.3) is 11.4 Å². The Morgan fingerprint density at radius 3 is 2.52 bits per heavy atom. The van der Waals surface area contributed by atoms with Crippen LogP contribution in [0, 0.1) is 6.92 Å². The number of hydrogen-bond donors (Lipinski definition) is 1. The van der Waals surface area contributed by atoms with Crippen molar-refractivity contribution in [1.82, 2.24) is 19.7 Å². The van der Waals surface area contributed by atoms with Gasteiger partial charge in [0, 0.05) is 23.7 Å². The molecule has 0 radical (unpaired) electrons. The van der Waals surface area contributed by atoms with E-state index in [0.29, 0.717) is 5.56 Å². The molecule has 1 fully saturated rings. The molecule has 9 heteroatoms. The number of aryl methyl sites for hydroxylation is 1. The molecule has 0 spiro atoms. The third-order valence-electron chi connectivity index (χ3n) is 5.15. The van der Waals surface area contributed by atoms with E-state index in [-0.39, 0.29) is 42.1 Å². The predicted molar refractivity (Wildman–Crippen MR) is 109 cm³/mol. The summed E-state index contributed by atoms with van der Waals surface area (Å²) in [4.78, 5) is 25.1. The number of aromatic nitrogens is 3. The van der Waals surface area contributed by atoms with Gasteiger partial charge in [-0.2, -0.15) is 13.2 Å². The van der Waals surface area contributed by atoms with Crippen molar-refractivity contribution in [2.75, 3.05) is 6.54 Å². The second-order valence-corrected chi connectivity index (χ2v) is 7.63. The Kier molecular flexibility index (Phi) is 5.43. The molecule has 0 aliphatic heterocycles. The lowest BCUT2D eigenvalue weighted by Crippen LogP contribution is -2.32. The first-order chi connectivity index (χ1) is 14.7. The summed E-state index contributed by atoms with van der Waals surface area (Å²) in [5.74, 6) is -0.0590. The van der Waals surface area contributed by atoms with Gasteiger partial charge in [0.2, 0.25) is 0 Å². The maximum atomic E-state index is 13.1. The Morgan fingerprint density at radius 2 is 1.87 bits per heavy atom. The average molecular weight is 430 g/mol. The fourth-order valence-corrected chi connectivity index (χ4v) is 3.34. The van der Waals surface area contributed by atoms with Crippen LogP contribution in [0.2, 0.25) is 0 Å². The van der Waals surface area contributed by atoms with Gasteiger partial charge in [-0.15, -0.1) is 5.10 Å². The largest absolute Gasteiger partial charge is 0.416 e. The number of alkyl halides is 3. The van der Waals surface area contributed by atoms with Crippen LogP contribution in [0.3, 0.4) is 0 Å². The number of carbonyl (C=O) groups excluding carboxylic acids is 1. The number of rotatable bonds is 6. The van der Waals surface area contributed by atoms with Crippen molar-refractivity contribution in [3.63, 3.8) is 0 Å². The fraction of sp³-hybridized carbons (Fsp3) is 0.318. The third-order valence-corrected chi connectivity index (χ3v) is 5.15. The summed E-state index contributed by atoms with van der Waals surface area (Å²) in [6, 6.07) is 11.8. The van der Waals surface area contributed by atoms with Gasteiger partial charge < -0.3 is 5.32 Å². The molecule has 1 amide bonds. The lowest BCUT2D eigenvalue weighted by Gasteiger charge is -2.09. The van der Waals surface area contributed by atoms with Gasteiger partial charge in [0.15, 0.2) is 5.82 Å². The highest BCUT2D eigenvalue weighted by Gasteiger charge is 2.33. The molecular formula is C22H21F3N4O2. The first kappa shape index (κ1) is 20.9. The smallest absolute Gasteiger partial charge is 0.350 e. The highest BCUT2D eigenvalue weighted by Crippen LogP contribution is 2.37. The molecule has 1 saturated carbocycles. The minimum atomic E-state index is -4.48. The zero-order chi connectivity index (χ0) is 22.2. The van der Waals surface area contributed by atoms with Gasteiger partial charge in [0.1, 0.15) is 0 Å². The van der Waals surface area contributed by atoms with Gasteiger partial charge in [-0.05, 0) is 44.0 Å². The van der Waals surface area contributed by atoms with Crippen molar-refractivity contribution >= 4 is 5.91 Å². The normalized spacial score (nSPS) is 13.9. The molecule has 1 heterocycles. The van der Waals surface area contributed by atoms with Crippen LogP contribution in [0.1, 0.15) is 40.4 Å². The maximum Gasteiger partial charge on any atom is 0.416 e. The summed E-state index contributed by atoms with van der Waals surface area (Å²) < 4.78 is 42.0. The van der Waals surface area contributed by atoms with Crippen LogP contribution in [0.5, 0.6) is 0 Å². The first-order valence-electron chi connectivity index (χ1n) is 9.96.